The summed E-state index contributed by atoms with van der Waals surface area (Å²) in [5.74, 6) is 1.37. The van der Waals surface area contributed by atoms with Crippen LogP contribution in [0, 0.1) is 0 Å². The number of rotatable bonds is 11. The molecule has 0 amide bonds. The van der Waals surface area contributed by atoms with Crippen molar-refractivity contribution in [2.24, 2.45) is 0 Å². The van der Waals surface area contributed by atoms with Gasteiger partial charge < -0.3 is 19.9 Å². The second-order valence-corrected chi connectivity index (χ2v) is 7.72. The lowest BCUT2D eigenvalue weighted by Gasteiger charge is -2.17. The summed E-state index contributed by atoms with van der Waals surface area (Å²) >= 11 is 15.7. The van der Waals surface area contributed by atoms with Gasteiger partial charge in [0.15, 0.2) is 11.5 Å². The predicted molar refractivity (Wildman–Crippen MR) is 114 cm³/mol. The van der Waals surface area contributed by atoms with Crippen molar-refractivity contribution in [3.05, 3.63) is 56.0 Å². The van der Waals surface area contributed by atoms with Crippen LogP contribution in [0.1, 0.15) is 30.4 Å². The van der Waals surface area contributed by atoms with Gasteiger partial charge in [-0.1, -0.05) is 45.2 Å². The molecule has 0 aliphatic heterocycles. The lowest BCUT2D eigenvalue weighted by atomic mass is 10.1. The molecule has 2 N–H and O–H groups in total. The van der Waals surface area contributed by atoms with Crippen molar-refractivity contribution >= 4 is 39.1 Å². The Hall–Kier alpha value is -0.980. The van der Waals surface area contributed by atoms with E-state index in [1.54, 1.807) is 19.2 Å². The van der Waals surface area contributed by atoms with Crippen LogP contribution in [0.3, 0.4) is 0 Å². The largest absolute Gasteiger partial charge is 0.493 e. The Morgan fingerprint density at radius 3 is 2.59 bits per heavy atom. The standard InChI is InChI=1S/C20H24BrCl2NO3/c1-26-19-8-6-16(21)15(12-24-9-3-2-4-10-25)20(19)27-13-14-5-7-17(22)18(23)11-14/h5-8,11,24-25H,2-4,9-10,12-13H2,1H3. The van der Waals surface area contributed by atoms with Gasteiger partial charge in [0, 0.05) is 23.2 Å². The molecule has 2 aromatic rings. The molecule has 2 aromatic carbocycles. The summed E-state index contributed by atoms with van der Waals surface area (Å²) in [5.41, 5.74) is 1.92. The number of hydrogen-bond donors (Lipinski definition) is 2. The molecule has 4 nitrogen and oxygen atoms in total. The Morgan fingerprint density at radius 1 is 1.07 bits per heavy atom. The number of nitrogens with one attached hydrogen (secondary N) is 1. The van der Waals surface area contributed by atoms with Gasteiger partial charge in [-0.25, -0.2) is 0 Å². The van der Waals surface area contributed by atoms with Gasteiger partial charge in [0.25, 0.3) is 0 Å². The molecule has 0 spiro atoms. The van der Waals surface area contributed by atoms with E-state index in [1.807, 2.05) is 18.2 Å². The number of unbranched alkanes of at least 4 members (excludes halogenated alkanes) is 2. The minimum absolute atomic E-state index is 0.244. The van der Waals surface area contributed by atoms with Crippen LogP contribution in [0.5, 0.6) is 11.5 Å². The van der Waals surface area contributed by atoms with Crippen LogP contribution in [-0.2, 0) is 13.2 Å². The maximum Gasteiger partial charge on any atom is 0.167 e. The average molecular weight is 477 g/mol. The van der Waals surface area contributed by atoms with E-state index in [4.69, 9.17) is 37.8 Å². The molecule has 0 bridgehead atoms. The molecule has 0 aliphatic rings. The highest BCUT2D eigenvalue weighted by molar-refractivity contribution is 9.10. The van der Waals surface area contributed by atoms with Crippen molar-refractivity contribution in [2.45, 2.75) is 32.4 Å². The molecule has 0 aliphatic carbocycles. The molecule has 0 saturated heterocycles. The molecule has 0 fully saturated rings. The summed E-state index contributed by atoms with van der Waals surface area (Å²) in [5, 5.41) is 13.3. The Bertz CT molecular complexity index is 743. The first-order valence-electron chi connectivity index (χ1n) is 8.80. The van der Waals surface area contributed by atoms with Crippen molar-refractivity contribution in [3.63, 3.8) is 0 Å². The van der Waals surface area contributed by atoms with E-state index >= 15 is 0 Å². The third kappa shape index (κ3) is 6.84. The van der Waals surface area contributed by atoms with Crippen molar-refractivity contribution in [3.8, 4) is 11.5 Å². The minimum Gasteiger partial charge on any atom is -0.493 e. The molecule has 0 unspecified atom stereocenters. The number of aliphatic hydroxyl groups excluding tert-OH is 1. The van der Waals surface area contributed by atoms with Crippen molar-refractivity contribution in [1.82, 2.24) is 5.32 Å². The van der Waals surface area contributed by atoms with E-state index in [9.17, 15) is 0 Å². The Morgan fingerprint density at radius 2 is 1.89 bits per heavy atom. The molecule has 2 rings (SSSR count). The smallest absolute Gasteiger partial charge is 0.167 e. The Labute approximate surface area is 178 Å². The quantitative estimate of drug-likeness (QED) is 0.414. The van der Waals surface area contributed by atoms with Crippen molar-refractivity contribution < 1.29 is 14.6 Å². The van der Waals surface area contributed by atoms with Gasteiger partial charge in [-0.05, 0) is 55.6 Å². The lowest BCUT2D eigenvalue weighted by Crippen LogP contribution is -2.16. The van der Waals surface area contributed by atoms with Crippen molar-refractivity contribution in [2.75, 3.05) is 20.3 Å². The number of halogens is 3. The molecule has 0 aromatic heterocycles. The first kappa shape index (κ1) is 22.3. The van der Waals surface area contributed by atoms with Gasteiger partial charge in [-0.15, -0.1) is 0 Å². The maximum atomic E-state index is 8.84. The highest BCUT2D eigenvalue weighted by atomic mass is 79.9. The number of hydrogen-bond acceptors (Lipinski definition) is 4. The van der Waals surface area contributed by atoms with Crippen molar-refractivity contribution in [1.29, 1.82) is 0 Å². The van der Waals surface area contributed by atoms with Crippen LogP contribution in [0.2, 0.25) is 10.0 Å². The highest BCUT2D eigenvalue weighted by Gasteiger charge is 2.15. The molecule has 7 heteroatoms. The topological polar surface area (TPSA) is 50.7 Å². The third-order valence-electron chi connectivity index (χ3n) is 4.07. The van der Waals surface area contributed by atoms with Crippen LogP contribution in [0.4, 0.5) is 0 Å². The van der Waals surface area contributed by atoms with Crippen LogP contribution >= 0.6 is 39.1 Å². The number of ether oxygens (including phenoxy) is 2. The summed E-state index contributed by atoms with van der Waals surface area (Å²) in [6, 6.07) is 9.27. The molecular weight excluding hydrogens is 453 g/mol. The fraction of sp³-hybridized carbons (Fsp3) is 0.400. The zero-order valence-corrected chi connectivity index (χ0v) is 18.3. The summed E-state index contributed by atoms with van der Waals surface area (Å²) in [4.78, 5) is 0. The fourth-order valence-electron chi connectivity index (χ4n) is 2.60. The molecular formula is C20H24BrCl2NO3. The van der Waals surface area contributed by atoms with Gasteiger partial charge in [0.1, 0.15) is 6.61 Å². The van der Waals surface area contributed by atoms with Crippen LogP contribution in [-0.4, -0.2) is 25.4 Å². The summed E-state index contributed by atoms with van der Waals surface area (Å²) in [7, 11) is 1.63. The molecule has 0 heterocycles. The van der Waals surface area contributed by atoms with Gasteiger partial charge in [0.2, 0.25) is 0 Å². The first-order valence-corrected chi connectivity index (χ1v) is 10.4. The number of benzene rings is 2. The second-order valence-electron chi connectivity index (χ2n) is 6.06. The lowest BCUT2D eigenvalue weighted by molar-refractivity contribution is 0.279. The van der Waals surface area contributed by atoms with E-state index in [-0.39, 0.29) is 6.61 Å². The summed E-state index contributed by atoms with van der Waals surface area (Å²) in [6.45, 7) is 2.12. The zero-order valence-electron chi connectivity index (χ0n) is 15.2. The minimum atomic E-state index is 0.244. The zero-order chi connectivity index (χ0) is 19.6. The molecule has 27 heavy (non-hydrogen) atoms. The Balaban J connectivity index is 2.08. The number of methoxy groups -OCH3 is 1. The summed E-state index contributed by atoms with van der Waals surface area (Å²) < 4.78 is 12.5. The predicted octanol–water partition coefficient (Wildman–Crippen LogP) is 5.60. The Kier molecular flexibility index (Phi) is 9.73. The third-order valence-corrected chi connectivity index (χ3v) is 5.55. The van der Waals surface area contributed by atoms with E-state index in [0.29, 0.717) is 34.7 Å². The monoisotopic (exact) mass is 475 g/mol. The SMILES string of the molecule is COc1ccc(Br)c(CNCCCCCO)c1OCc1ccc(Cl)c(Cl)c1. The maximum absolute atomic E-state index is 8.84. The van der Waals surface area contributed by atoms with E-state index in [2.05, 4.69) is 21.2 Å². The van der Waals surface area contributed by atoms with Crippen LogP contribution in [0.25, 0.3) is 0 Å². The number of aliphatic hydroxyl groups is 1. The average Bonchev–Trinajstić information content (AvgIpc) is 2.66. The second kappa shape index (κ2) is 11.8. The fourth-order valence-corrected chi connectivity index (χ4v) is 3.38. The van der Waals surface area contributed by atoms with Crippen LogP contribution < -0.4 is 14.8 Å². The summed E-state index contributed by atoms with van der Waals surface area (Å²) in [6.07, 6.45) is 2.85. The van der Waals surface area contributed by atoms with Crippen LogP contribution in [0.15, 0.2) is 34.8 Å². The normalized spacial score (nSPS) is 10.9. The molecule has 0 atom stereocenters. The van der Waals surface area contributed by atoms with Gasteiger partial charge in [-0.2, -0.15) is 0 Å². The van der Waals surface area contributed by atoms with E-state index in [1.165, 1.54) is 0 Å². The molecule has 0 radical (unpaired) electrons. The van der Waals surface area contributed by atoms with Gasteiger partial charge in [-0.3, -0.25) is 0 Å². The highest BCUT2D eigenvalue weighted by Crippen LogP contribution is 2.37. The molecule has 148 valence electrons. The first-order chi connectivity index (χ1) is 13.1. The van der Waals surface area contributed by atoms with E-state index < -0.39 is 0 Å². The van der Waals surface area contributed by atoms with E-state index in [0.717, 1.165) is 41.4 Å². The molecule has 0 saturated carbocycles. The van der Waals surface area contributed by atoms with Gasteiger partial charge >= 0.3 is 0 Å². The van der Waals surface area contributed by atoms with Gasteiger partial charge in [0.05, 0.1) is 17.2 Å².